The molecule has 4 rings (SSSR count). The van der Waals surface area contributed by atoms with Gasteiger partial charge in [0.1, 0.15) is 16.5 Å². The second-order valence-corrected chi connectivity index (χ2v) is 8.82. The highest BCUT2D eigenvalue weighted by atomic mass is 35.5. The lowest BCUT2D eigenvalue weighted by Gasteiger charge is -2.32. The van der Waals surface area contributed by atoms with E-state index in [9.17, 15) is 5.11 Å². The number of hydrogen-bond donors (Lipinski definition) is 3. The maximum Gasteiger partial charge on any atom is 0.152 e. The van der Waals surface area contributed by atoms with Crippen molar-refractivity contribution in [1.29, 1.82) is 0 Å². The van der Waals surface area contributed by atoms with Crippen molar-refractivity contribution in [2.45, 2.75) is 42.3 Å². The quantitative estimate of drug-likeness (QED) is 0.657. The standard InChI is InChI=1S/C19H25ClN6OS/c1-12-3-6-26(7-4-12)19-14(11-27)25-16(10-23-19)28-15-2-5-22-18(17(15)20)24-13-8-21-9-13/h2,5,10,12-13,21,27H,3-4,6-9,11H2,1H3,(H,22,24). The van der Waals surface area contributed by atoms with Crippen molar-refractivity contribution >= 4 is 35.0 Å². The van der Waals surface area contributed by atoms with Crippen LogP contribution in [0.2, 0.25) is 5.02 Å². The first-order chi connectivity index (χ1) is 13.6. The average Bonchev–Trinajstić information content (AvgIpc) is 2.68. The summed E-state index contributed by atoms with van der Waals surface area (Å²) >= 11 is 7.99. The van der Waals surface area contributed by atoms with Gasteiger partial charge in [-0.2, -0.15) is 0 Å². The molecule has 3 N–H and O–H groups in total. The molecule has 0 radical (unpaired) electrons. The summed E-state index contributed by atoms with van der Waals surface area (Å²) in [7, 11) is 0. The third-order valence-electron chi connectivity index (χ3n) is 5.22. The number of nitrogens with one attached hydrogen (secondary N) is 2. The first kappa shape index (κ1) is 19.7. The first-order valence-electron chi connectivity index (χ1n) is 9.65. The van der Waals surface area contributed by atoms with Gasteiger partial charge in [0.2, 0.25) is 0 Å². The van der Waals surface area contributed by atoms with Crippen molar-refractivity contribution in [2.24, 2.45) is 5.92 Å². The number of rotatable bonds is 6. The molecule has 2 aliphatic rings. The number of aromatic nitrogens is 3. The number of anilines is 2. The number of nitrogens with zero attached hydrogens (tertiary/aromatic N) is 4. The monoisotopic (exact) mass is 420 g/mol. The highest BCUT2D eigenvalue weighted by molar-refractivity contribution is 7.99. The van der Waals surface area contributed by atoms with Crippen LogP contribution >= 0.6 is 23.4 Å². The Morgan fingerprint density at radius 3 is 2.79 bits per heavy atom. The molecule has 0 spiro atoms. The molecule has 2 aromatic heterocycles. The molecule has 7 nitrogen and oxygen atoms in total. The Labute approximate surface area is 174 Å². The number of pyridine rings is 1. The zero-order valence-corrected chi connectivity index (χ0v) is 17.4. The Morgan fingerprint density at radius 2 is 2.11 bits per heavy atom. The van der Waals surface area contributed by atoms with Crippen LogP contribution in [0.1, 0.15) is 25.5 Å². The van der Waals surface area contributed by atoms with Gasteiger partial charge >= 0.3 is 0 Å². The summed E-state index contributed by atoms with van der Waals surface area (Å²) in [4.78, 5) is 16.7. The Kier molecular flexibility index (Phi) is 6.20. The third-order valence-corrected chi connectivity index (χ3v) is 6.68. The van der Waals surface area contributed by atoms with Crippen LogP contribution in [-0.4, -0.2) is 52.3 Å². The molecule has 0 atom stereocenters. The molecule has 28 heavy (non-hydrogen) atoms. The molecule has 0 unspecified atom stereocenters. The van der Waals surface area contributed by atoms with Gasteiger partial charge in [-0.05, 0) is 24.8 Å². The molecule has 9 heteroatoms. The van der Waals surface area contributed by atoms with E-state index in [1.165, 1.54) is 11.8 Å². The number of piperidine rings is 1. The highest BCUT2D eigenvalue weighted by Crippen LogP contribution is 2.36. The van der Waals surface area contributed by atoms with Crippen LogP contribution in [-0.2, 0) is 6.61 Å². The van der Waals surface area contributed by atoms with E-state index in [1.807, 2.05) is 6.07 Å². The number of halogens is 1. The fraction of sp³-hybridized carbons (Fsp3) is 0.526. The van der Waals surface area contributed by atoms with E-state index in [2.05, 4.69) is 37.4 Å². The predicted octanol–water partition coefficient (Wildman–Crippen LogP) is 2.79. The number of aliphatic hydroxyl groups excluding tert-OH is 1. The maximum atomic E-state index is 9.83. The minimum atomic E-state index is -0.131. The van der Waals surface area contributed by atoms with Crippen LogP contribution < -0.4 is 15.5 Å². The van der Waals surface area contributed by atoms with Crippen molar-refractivity contribution in [3.05, 3.63) is 29.2 Å². The SMILES string of the molecule is CC1CCN(c2ncc(Sc3ccnc(NC4CNC4)c3Cl)nc2CO)CC1. The molecule has 0 saturated carbocycles. The van der Waals surface area contributed by atoms with E-state index in [1.54, 1.807) is 12.4 Å². The smallest absolute Gasteiger partial charge is 0.152 e. The largest absolute Gasteiger partial charge is 0.390 e. The molecule has 2 aliphatic heterocycles. The lowest BCUT2D eigenvalue weighted by Crippen LogP contribution is -2.51. The number of aliphatic hydroxyl groups is 1. The van der Waals surface area contributed by atoms with Gasteiger partial charge in [-0.15, -0.1) is 0 Å². The molecule has 0 amide bonds. The second-order valence-electron chi connectivity index (χ2n) is 7.38. The molecule has 2 fully saturated rings. The van der Waals surface area contributed by atoms with Gasteiger partial charge in [0.05, 0.1) is 23.9 Å². The zero-order valence-electron chi connectivity index (χ0n) is 15.9. The molecule has 150 valence electrons. The highest BCUT2D eigenvalue weighted by Gasteiger charge is 2.22. The Bertz CT molecular complexity index is 826. The van der Waals surface area contributed by atoms with Gasteiger partial charge in [0.25, 0.3) is 0 Å². The molecule has 2 saturated heterocycles. The summed E-state index contributed by atoms with van der Waals surface area (Å²) in [5.41, 5.74) is 0.614. The van der Waals surface area contributed by atoms with Crippen molar-refractivity contribution in [2.75, 3.05) is 36.4 Å². The van der Waals surface area contributed by atoms with Crippen LogP contribution in [0.5, 0.6) is 0 Å². The Morgan fingerprint density at radius 1 is 1.32 bits per heavy atom. The van der Waals surface area contributed by atoms with Gasteiger partial charge in [-0.25, -0.2) is 15.0 Å². The van der Waals surface area contributed by atoms with Crippen molar-refractivity contribution in [3.8, 4) is 0 Å². The van der Waals surface area contributed by atoms with Gasteiger partial charge in [0, 0.05) is 37.3 Å². The molecule has 0 bridgehead atoms. The van der Waals surface area contributed by atoms with Crippen LogP contribution in [0.3, 0.4) is 0 Å². The van der Waals surface area contributed by atoms with E-state index in [4.69, 9.17) is 11.6 Å². The normalized spacial score (nSPS) is 18.2. The molecule has 4 heterocycles. The topological polar surface area (TPSA) is 86.2 Å². The fourth-order valence-corrected chi connectivity index (χ4v) is 4.43. The summed E-state index contributed by atoms with van der Waals surface area (Å²) in [5, 5.41) is 17.7. The fourth-order valence-electron chi connectivity index (χ4n) is 3.34. The molecule has 0 aliphatic carbocycles. The first-order valence-corrected chi connectivity index (χ1v) is 10.8. The van der Waals surface area contributed by atoms with Gasteiger partial charge in [-0.3, -0.25) is 0 Å². The molecule has 0 aromatic carbocycles. The van der Waals surface area contributed by atoms with E-state index in [0.717, 1.165) is 55.7 Å². The van der Waals surface area contributed by atoms with E-state index < -0.39 is 0 Å². The van der Waals surface area contributed by atoms with Gasteiger partial charge in [0.15, 0.2) is 5.82 Å². The second kappa shape index (κ2) is 8.82. The van der Waals surface area contributed by atoms with Crippen molar-refractivity contribution < 1.29 is 5.11 Å². The minimum absolute atomic E-state index is 0.131. The van der Waals surface area contributed by atoms with Crippen LogP contribution in [0.15, 0.2) is 28.4 Å². The summed E-state index contributed by atoms with van der Waals surface area (Å²) < 4.78 is 0. The van der Waals surface area contributed by atoms with Crippen molar-refractivity contribution in [3.63, 3.8) is 0 Å². The van der Waals surface area contributed by atoms with Gasteiger partial charge < -0.3 is 20.6 Å². The summed E-state index contributed by atoms with van der Waals surface area (Å²) in [6, 6.07) is 2.23. The van der Waals surface area contributed by atoms with Crippen LogP contribution in [0.4, 0.5) is 11.6 Å². The van der Waals surface area contributed by atoms with Crippen molar-refractivity contribution in [1.82, 2.24) is 20.3 Å². The molecule has 2 aromatic rings. The maximum absolute atomic E-state index is 9.83. The number of hydrogen-bond acceptors (Lipinski definition) is 8. The molecular formula is C19H25ClN6OS. The predicted molar refractivity (Wildman–Crippen MR) is 112 cm³/mol. The van der Waals surface area contributed by atoms with E-state index >= 15 is 0 Å². The lowest BCUT2D eigenvalue weighted by atomic mass is 9.99. The van der Waals surface area contributed by atoms with E-state index in [0.29, 0.717) is 27.6 Å². The summed E-state index contributed by atoms with van der Waals surface area (Å²) in [5.74, 6) is 2.22. The van der Waals surface area contributed by atoms with Gasteiger partial charge in [-0.1, -0.05) is 30.3 Å². The van der Waals surface area contributed by atoms with Crippen LogP contribution in [0, 0.1) is 5.92 Å². The Hall–Kier alpha value is -1.61. The molecular weight excluding hydrogens is 396 g/mol. The lowest BCUT2D eigenvalue weighted by molar-refractivity contribution is 0.275. The Balaban J connectivity index is 1.51. The third kappa shape index (κ3) is 4.35. The average molecular weight is 421 g/mol. The summed E-state index contributed by atoms with van der Waals surface area (Å²) in [6.45, 7) is 5.88. The van der Waals surface area contributed by atoms with Crippen LogP contribution in [0.25, 0.3) is 0 Å². The van der Waals surface area contributed by atoms with E-state index in [-0.39, 0.29) is 6.61 Å². The summed E-state index contributed by atoms with van der Waals surface area (Å²) in [6.07, 6.45) is 5.78. The minimum Gasteiger partial charge on any atom is -0.390 e. The zero-order chi connectivity index (χ0) is 19.5.